The van der Waals surface area contributed by atoms with Gasteiger partial charge in [0, 0.05) is 122 Å². The zero-order chi connectivity index (χ0) is 86.9. The lowest BCUT2D eigenvalue weighted by atomic mass is 9.80. The number of carbonyl (C=O) groups excluding carboxylic acids is 2. The van der Waals surface area contributed by atoms with Gasteiger partial charge in [-0.3, -0.25) is 34.4 Å². The minimum atomic E-state index is -4.40. The Labute approximate surface area is 690 Å². The summed E-state index contributed by atoms with van der Waals surface area (Å²) >= 11 is 0. The first-order valence-corrected chi connectivity index (χ1v) is 41.9. The van der Waals surface area contributed by atoms with E-state index in [0.717, 1.165) is 58.7 Å². The number of nitrogens with two attached hydrogens (primary N) is 1. The van der Waals surface area contributed by atoms with Crippen LogP contribution in [0.5, 0.6) is 0 Å². The highest BCUT2D eigenvalue weighted by molar-refractivity contribution is 7.90. The number of aromatic nitrogens is 9. The maximum atomic E-state index is 14.0. The number of halogens is 9. The first-order valence-electron chi connectivity index (χ1n) is 39.0. The number of aromatic amines is 1. The molecule has 6 aromatic heterocycles. The van der Waals surface area contributed by atoms with Gasteiger partial charge >= 0.3 is 24.5 Å². The fourth-order valence-corrected chi connectivity index (χ4v) is 17.9. The van der Waals surface area contributed by atoms with Gasteiger partial charge in [0.05, 0.1) is 67.6 Å². The van der Waals surface area contributed by atoms with E-state index in [1.54, 1.807) is 91.3 Å². The third-order valence-electron chi connectivity index (χ3n) is 23.3. The van der Waals surface area contributed by atoms with E-state index in [4.69, 9.17) is 10.8 Å². The van der Waals surface area contributed by atoms with Gasteiger partial charge in [0.2, 0.25) is 11.8 Å². The van der Waals surface area contributed by atoms with E-state index in [0.29, 0.717) is 59.0 Å². The number of rotatable bonds is 30. The number of H-pyrrole nitrogens is 1. The van der Waals surface area contributed by atoms with Gasteiger partial charge in [0.15, 0.2) is 0 Å². The number of aliphatic carboxylic acids is 1. The molecular weight excluding hydrogens is 1610 g/mol. The normalized spacial score (nSPS) is 16.3. The molecule has 2 amide bonds. The van der Waals surface area contributed by atoms with Crippen LogP contribution in [0.3, 0.4) is 0 Å². The molecule has 640 valence electrons. The highest BCUT2D eigenvalue weighted by Gasteiger charge is 2.69. The molecule has 0 aliphatic heterocycles. The van der Waals surface area contributed by atoms with Crippen LogP contribution < -0.4 is 16.4 Å². The van der Waals surface area contributed by atoms with Gasteiger partial charge in [-0.25, -0.2) is 0 Å². The van der Waals surface area contributed by atoms with Crippen molar-refractivity contribution in [3.8, 4) is 0 Å². The zero-order valence-corrected chi connectivity index (χ0v) is 69.2. The smallest absolute Gasteiger partial charge is 0.395 e. The number of carboxylic acids is 1. The molecule has 34 heteroatoms. The summed E-state index contributed by atoms with van der Waals surface area (Å²) in [5, 5.41) is 32.3. The SMILES string of the molecule is CN(C)[C@H](CNC(=O)CC(c1ccncc1)C1(C(F)(F)F)CC1)Cc1ccc2[nH]ncc2c1.Cc1ccc(S(=O)(=O)n2ncc3cc(C[C@@H](CN)N(C)C)ccc32)cc1.Cc1ccc(S(=O)(=O)n2ncc3cc(C[C@@H](CNC(=O)CC(c4ccncc4)C4(C(F)(F)F)CC4)N(C)C)ccc32)cc1.O=C(O)CC(c1ccncc1)C1(C(F)(F)F)CC1. The average Bonchev–Trinajstić information content (AvgIpc) is 1.58. The number of likely N-dealkylation sites (N-methyl/N-ethyl adjacent to an activating group) is 3. The first kappa shape index (κ1) is 90.2. The molecule has 3 fully saturated rings. The van der Waals surface area contributed by atoms with Crippen LogP contribution in [-0.2, 0) is 53.7 Å². The van der Waals surface area contributed by atoms with Crippen molar-refractivity contribution in [2.75, 3.05) is 61.9 Å². The van der Waals surface area contributed by atoms with Crippen LogP contribution in [0, 0.1) is 30.1 Å². The molecule has 11 aromatic rings. The summed E-state index contributed by atoms with van der Waals surface area (Å²) in [6.07, 6.45) is 1.49. The third-order valence-corrected chi connectivity index (χ3v) is 26.5. The zero-order valence-electron chi connectivity index (χ0n) is 67.6. The number of hydrogen-bond donors (Lipinski definition) is 5. The minimum Gasteiger partial charge on any atom is -0.481 e. The Bertz CT molecular complexity index is 5550. The maximum absolute atomic E-state index is 14.0. The molecule has 3 saturated carbocycles. The summed E-state index contributed by atoms with van der Waals surface area (Å²) in [4.78, 5) is 54.6. The molecule has 0 saturated heterocycles. The predicted octanol–water partition coefficient (Wildman–Crippen LogP) is 14.1. The standard InChI is InChI=1S/C31H34F3N5O3S.C24H28F3N5O.C19H24N4O2S.C12H12F3NO2/c1-21-4-7-26(8-5-21)43(41,42)39-28-9-6-22(16-24(28)19-37-39)17-25(38(2)3)20-36-29(40)18-27(23-10-14-35-15-11-23)30(12-13-30)31(32,33)34;1-32(2)19(12-16-3-4-21-18(11-16)14-30-31-21)15-29-22(33)13-20(17-5-9-28-10-6-17)23(7-8-23)24(25,26)27;1-14-4-7-18(8-5-14)26(24,25)23-19-9-6-15(10-16(19)13-21-23)11-17(12-20)22(2)3;13-12(14,15)11(3-4-11)9(7-10(17)18)8-1-5-16-6-2-8/h4-11,14-16,19,25,27H,12-13,17-18,20H2,1-3H3,(H,36,40);3-6,9-11,14,19-20H,7-8,12-13,15H2,1-2H3,(H,29,33)(H,30,31);4-10,13,17H,11-12,20H2,1-3H3;1-2,5-6,9H,3-4,7H2,(H,17,18)/t25-,27?;19-,20?;17-;/m000./s1. The second-order valence-corrected chi connectivity index (χ2v) is 35.5. The largest absolute Gasteiger partial charge is 0.481 e. The lowest BCUT2D eigenvalue weighted by molar-refractivity contribution is -0.196. The van der Waals surface area contributed by atoms with Gasteiger partial charge in [0.25, 0.3) is 20.0 Å². The Balaban J connectivity index is 0.000000163. The summed E-state index contributed by atoms with van der Waals surface area (Å²) in [6, 6.07) is 39.8. The lowest BCUT2D eigenvalue weighted by Gasteiger charge is -2.30. The molecule has 14 rings (SSSR count). The van der Waals surface area contributed by atoms with Gasteiger partial charge < -0.3 is 36.2 Å². The highest BCUT2D eigenvalue weighted by atomic mass is 32.2. The van der Waals surface area contributed by atoms with Gasteiger partial charge in [-0.2, -0.15) is 79.8 Å². The number of hydrogen-bond acceptors (Lipinski definition) is 17. The summed E-state index contributed by atoms with van der Waals surface area (Å²) in [7, 11) is 4.00. The molecule has 3 unspecified atom stereocenters. The maximum Gasteiger partial charge on any atom is 0.395 e. The molecule has 0 bridgehead atoms. The number of alkyl halides is 9. The van der Waals surface area contributed by atoms with Crippen LogP contribution in [0.2, 0.25) is 0 Å². The molecule has 120 heavy (non-hydrogen) atoms. The van der Waals surface area contributed by atoms with Gasteiger partial charge in [-0.1, -0.05) is 53.6 Å². The van der Waals surface area contributed by atoms with Crippen molar-refractivity contribution in [1.29, 1.82) is 0 Å². The molecule has 23 nitrogen and oxygen atoms in total. The molecule has 6 atom stereocenters. The van der Waals surface area contributed by atoms with E-state index in [1.165, 1.54) is 55.5 Å². The fraction of sp³-hybridized carbons (Fsp3) is 0.407. The summed E-state index contributed by atoms with van der Waals surface area (Å²) in [5.41, 5.74) is 8.63. The van der Waals surface area contributed by atoms with Crippen LogP contribution in [0.25, 0.3) is 32.7 Å². The number of nitrogens with zero attached hydrogens (tertiary/aromatic N) is 11. The number of amides is 2. The molecule has 6 heterocycles. The molecule has 5 aromatic carbocycles. The second kappa shape index (κ2) is 37.2. The topological polar surface area (TPSA) is 303 Å². The Kier molecular flexibility index (Phi) is 28.0. The van der Waals surface area contributed by atoms with Crippen molar-refractivity contribution in [2.24, 2.45) is 22.0 Å². The van der Waals surface area contributed by atoms with E-state index < -0.39 is 90.9 Å². The van der Waals surface area contributed by atoms with E-state index in [9.17, 15) is 70.7 Å². The van der Waals surface area contributed by atoms with Crippen molar-refractivity contribution in [3.05, 3.63) is 240 Å². The number of nitrogens with one attached hydrogen (secondary N) is 3. The van der Waals surface area contributed by atoms with Crippen molar-refractivity contribution < 1.29 is 75.8 Å². The van der Waals surface area contributed by atoms with Crippen molar-refractivity contribution in [3.63, 3.8) is 0 Å². The number of benzene rings is 5. The van der Waals surface area contributed by atoms with Gasteiger partial charge in [0.1, 0.15) is 0 Å². The van der Waals surface area contributed by atoms with Crippen LogP contribution >= 0.6 is 0 Å². The quantitative estimate of drug-likeness (QED) is 0.0261. The van der Waals surface area contributed by atoms with Crippen molar-refractivity contribution in [1.82, 2.24) is 68.9 Å². The third kappa shape index (κ3) is 21.1. The number of aryl methyl sites for hydroxylation is 2. The predicted molar refractivity (Wildman–Crippen MR) is 437 cm³/mol. The Hall–Kier alpha value is -10.5. The number of carbonyl (C=O) groups is 3. The van der Waals surface area contributed by atoms with E-state index in [1.807, 2.05) is 108 Å². The van der Waals surface area contributed by atoms with Crippen LogP contribution in [0.15, 0.2) is 205 Å². The van der Waals surface area contributed by atoms with Crippen molar-refractivity contribution in [2.45, 2.75) is 155 Å². The monoisotopic (exact) mass is 1700 g/mol. The van der Waals surface area contributed by atoms with E-state index in [2.05, 4.69) is 56.9 Å². The second-order valence-electron chi connectivity index (χ2n) is 32.0. The fourth-order valence-electron chi connectivity index (χ4n) is 15.4. The summed E-state index contributed by atoms with van der Waals surface area (Å²) < 4.78 is 177. The molecule has 0 spiro atoms. The first-order chi connectivity index (χ1) is 56.7. The number of pyridine rings is 3. The molecule has 6 N–H and O–H groups in total. The number of fused-ring (bicyclic) bond motifs is 3. The molecule has 0 radical (unpaired) electrons. The average molecular weight is 1700 g/mol. The van der Waals surface area contributed by atoms with Crippen LogP contribution in [0.1, 0.15) is 120 Å². The minimum absolute atomic E-state index is 0.00245. The lowest BCUT2D eigenvalue weighted by Crippen LogP contribution is -2.42. The Morgan fingerprint density at radius 3 is 1.11 bits per heavy atom. The van der Waals surface area contributed by atoms with Gasteiger partial charge in [-0.15, -0.1) is 0 Å². The van der Waals surface area contributed by atoms with E-state index in [-0.39, 0.29) is 91.7 Å². The van der Waals surface area contributed by atoms with E-state index >= 15 is 0 Å². The van der Waals surface area contributed by atoms with Gasteiger partial charge in [-0.05, 0) is 244 Å². The molecule has 3 aliphatic carbocycles. The Morgan fingerprint density at radius 1 is 0.467 bits per heavy atom. The van der Waals surface area contributed by atoms with Crippen LogP contribution in [0.4, 0.5) is 39.5 Å². The highest BCUT2D eigenvalue weighted by Crippen LogP contribution is 2.68. The number of carboxylic acid groups (broad SMARTS) is 1. The van der Waals surface area contributed by atoms with Crippen LogP contribution in [-0.4, -0.2) is 197 Å². The Morgan fingerprint density at radius 2 is 0.792 bits per heavy atom. The summed E-state index contributed by atoms with van der Waals surface area (Å²) in [5.74, 6) is -4.96. The molecule has 3 aliphatic rings. The molecular formula is C86H98F9N15O8S2. The summed E-state index contributed by atoms with van der Waals surface area (Å²) in [6.45, 7) is 4.93. The van der Waals surface area contributed by atoms with Crippen molar-refractivity contribution >= 4 is 70.5 Å².